The molecule has 0 saturated heterocycles. The van der Waals surface area contributed by atoms with Crippen molar-refractivity contribution in [3.63, 3.8) is 0 Å². The lowest BCUT2D eigenvalue weighted by molar-refractivity contribution is 0.0599. The number of ether oxygens (including phenoxy) is 2. The highest BCUT2D eigenvalue weighted by molar-refractivity contribution is 9.08. The number of alkyl halides is 1. The van der Waals surface area contributed by atoms with Gasteiger partial charge in [0.1, 0.15) is 12.4 Å². The lowest BCUT2D eigenvalue weighted by Gasteiger charge is -2.10. The van der Waals surface area contributed by atoms with E-state index in [2.05, 4.69) is 15.9 Å². The van der Waals surface area contributed by atoms with E-state index in [1.165, 1.54) is 7.11 Å². The number of carbonyl (C=O) groups is 1. The van der Waals surface area contributed by atoms with E-state index in [0.29, 0.717) is 23.2 Å². The number of methoxy groups -OCH3 is 1. The number of hydrogen-bond acceptors (Lipinski definition) is 3. The third-order valence-electron chi connectivity index (χ3n) is 2.88. The van der Waals surface area contributed by atoms with E-state index in [1.807, 2.05) is 42.5 Å². The van der Waals surface area contributed by atoms with Crippen LogP contribution in [0.4, 0.5) is 0 Å². The minimum absolute atomic E-state index is 0.357. The van der Waals surface area contributed by atoms with Gasteiger partial charge < -0.3 is 9.47 Å². The van der Waals surface area contributed by atoms with Crippen molar-refractivity contribution in [3.05, 3.63) is 65.2 Å². The maximum absolute atomic E-state index is 11.7. The molecule has 20 heavy (non-hydrogen) atoms. The van der Waals surface area contributed by atoms with E-state index in [-0.39, 0.29) is 5.97 Å². The van der Waals surface area contributed by atoms with Crippen LogP contribution in [0.15, 0.2) is 48.5 Å². The minimum atomic E-state index is -0.357. The van der Waals surface area contributed by atoms with Crippen molar-refractivity contribution in [1.82, 2.24) is 0 Å². The number of rotatable bonds is 5. The van der Waals surface area contributed by atoms with Gasteiger partial charge in [0.15, 0.2) is 0 Å². The van der Waals surface area contributed by atoms with Crippen LogP contribution in [0, 0.1) is 0 Å². The number of benzene rings is 2. The Morgan fingerprint density at radius 3 is 2.55 bits per heavy atom. The lowest BCUT2D eigenvalue weighted by Crippen LogP contribution is -2.05. The Balaban J connectivity index is 2.14. The molecule has 0 amide bonds. The fraction of sp³-hybridized carbons (Fsp3) is 0.188. The smallest absolute Gasteiger partial charge is 0.338 e. The van der Waals surface area contributed by atoms with E-state index < -0.39 is 0 Å². The number of halogens is 1. The minimum Gasteiger partial charge on any atom is -0.489 e. The van der Waals surface area contributed by atoms with Crippen LogP contribution in [0.1, 0.15) is 21.5 Å². The van der Waals surface area contributed by atoms with E-state index >= 15 is 0 Å². The van der Waals surface area contributed by atoms with Crippen molar-refractivity contribution < 1.29 is 14.3 Å². The fourth-order valence-corrected chi connectivity index (χ4v) is 2.29. The third kappa shape index (κ3) is 3.61. The summed E-state index contributed by atoms with van der Waals surface area (Å²) in [5.41, 5.74) is 2.48. The Morgan fingerprint density at radius 2 is 1.90 bits per heavy atom. The second-order valence-corrected chi connectivity index (χ2v) is 4.78. The van der Waals surface area contributed by atoms with Crippen LogP contribution in [0.25, 0.3) is 0 Å². The zero-order valence-corrected chi connectivity index (χ0v) is 12.7. The Morgan fingerprint density at radius 1 is 1.15 bits per heavy atom. The molecule has 0 N–H and O–H groups in total. The summed E-state index contributed by atoms with van der Waals surface area (Å²) in [6.45, 7) is 0.467. The molecule has 0 radical (unpaired) electrons. The maximum Gasteiger partial charge on any atom is 0.338 e. The van der Waals surface area contributed by atoms with Gasteiger partial charge in [-0.2, -0.15) is 0 Å². The predicted octanol–water partition coefficient (Wildman–Crippen LogP) is 3.95. The predicted molar refractivity (Wildman–Crippen MR) is 81.2 cm³/mol. The molecule has 0 saturated carbocycles. The summed E-state index contributed by atoms with van der Waals surface area (Å²) >= 11 is 3.36. The van der Waals surface area contributed by atoms with Crippen molar-refractivity contribution in [1.29, 1.82) is 0 Å². The molecular formula is C16H15BrO3. The maximum atomic E-state index is 11.7. The molecule has 104 valence electrons. The molecule has 2 aromatic rings. The summed E-state index contributed by atoms with van der Waals surface area (Å²) in [6.07, 6.45) is 0. The first kappa shape index (κ1) is 14.6. The topological polar surface area (TPSA) is 35.5 Å². The van der Waals surface area contributed by atoms with Crippen LogP contribution in [0.2, 0.25) is 0 Å². The van der Waals surface area contributed by atoms with Gasteiger partial charge in [-0.25, -0.2) is 4.79 Å². The van der Waals surface area contributed by atoms with Gasteiger partial charge in [-0.1, -0.05) is 52.3 Å². The van der Waals surface area contributed by atoms with E-state index in [0.717, 1.165) is 11.1 Å². The summed E-state index contributed by atoms with van der Waals surface area (Å²) in [4.78, 5) is 11.7. The lowest BCUT2D eigenvalue weighted by atomic mass is 10.1. The van der Waals surface area contributed by atoms with Crippen molar-refractivity contribution in [2.45, 2.75) is 11.9 Å². The van der Waals surface area contributed by atoms with Crippen LogP contribution >= 0.6 is 15.9 Å². The Hall–Kier alpha value is -1.81. The van der Waals surface area contributed by atoms with Crippen molar-refractivity contribution in [2.75, 3.05) is 7.11 Å². The Bertz CT molecular complexity index is 582. The van der Waals surface area contributed by atoms with Gasteiger partial charge in [0, 0.05) is 5.33 Å². The molecule has 3 nitrogen and oxygen atoms in total. The molecular weight excluding hydrogens is 320 g/mol. The van der Waals surface area contributed by atoms with Crippen LogP contribution in [-0.4, -0.2) is 13.1 Å². The molecule has 0 aliphatic carbocycles. The number of hydrogen-bond donors (Lipinski definition) is 0. The van der Waals surface area contributed by atoms with Gasteiger partial charge >= 0.3 is 5.97 Å². The molecule has 0 heterocycles. The summed E-state index contributed by atoms with van der Waals surface area (Å²) in [5.74, 6) is 0.295. The van der Waals surface area contributed by atoms with Crippen molar-refractivity contribution >= 4 is 21.9 Å². The average Bonchev–Trinajstić information content (AvgIpc) is 2.52. The zero-order valence-electron chi connectivity index (χ0n) is 11.1. The molecule has 2 aromatic carbocycles. The second-order valence-electron chi connectivity index (χ2n) is 4.22. The first-order valence-electron chi connectivity index (χ1n) is 6.18. The second kappa shape index (κ2) is 7.10. The van der Waals surface area contributed by atoms with Gasteiger partial charge in [-0.3, -0.25) is 0 Å². The van der Waals surface area contributed by atoms with Gasteiger partial charge in [0.05, 0.1) is 12.7 Å². The third-order valence-corrected chi connectivity index (χ3v) is 3.48. The van der Waals surface area contributed by atoms with E-state index in [9.17, 15) is 4.79 Å². The van der Waals surface area contributed by atoms with E-state index in [1.54, 1.807) is 6.07 Å². The first-order chi connectivity index (χ1) is 9.74. The summed E-state index contributed by atoms with van der Waals surface area (Å²) in [6, 6.07) is 15.3. The van der Waals surface area contributed by atoms with Crippen LogP contribution < -0.4 is 4.74 Å². The van der Waals surface area contributed by atoms with Crippen LogP contribution in [0.5, 0.6) is 5.75 Å². The Kier molecular flexibility index (Phi) is 5.18. The molecule has 2 rings (SSSR count). The van der Waals surface area contributed by atoms with Crippen molar-refractivity contribution in [3.8, 4) is 5.75 Å². The van der Waals surface area contributed by atoms with Gasteiger partial charge in [0.25, 0.3) is 0 Å². The molecule has 0 aromatic heterocycles. The molecule has 0 unspecified atom stereocenters. The summed E-state index contributed by atoms with van der Waals surface area (Å²) in [5, 5.41) is 0.594. The zero-order chi connectivity index (χ0) is 14.4. The highest BCUT2D eigenvalue weighted by Crippen LogP contribution is 2.21. The summed E-state index contributed by atoms with van der Waals surface area (Å²) < 4.78 is 10.5. The normalized spacial score (nSPS) is 10.1. The molecule has 4 heteroatoms. The van der Waals surface area contributed by atoms with Gasteiger partial charge in [-0.15, -0.1) is 0 Å². The standard InChI is InChI=1S/C16H15BrO3/c1-19-16(18)15-9-14(8-7-13(15)10-17)20-11-12-5-3-2-4-6-12/h2-9H,10-11H2,1H3. The number of esters is 1. The van der Waals surface area contributed by atoms with Crippen molar-refractivity contribution in [2.24, 2.45) is 0 Å². The SMILES string of the molecule is COC(=O)c1cc(OCc2ccccc2)ccc1CBr. The Labute approximate surface area is 126 Å². The molecule has 0 aliphatic rings. The molecule has 0 atom stereocenters. The molecule has 0 aliphatic heterocycles. The van der Waals surface area contributed by atoms with E-state index in [4.69, 9.17) is 9.47 Å². The van der Waals surface area contributed by atoms with Crippen LogP contribution in [0.3, 0.4) is 0 Å². The van der Waals surface area contributed by atoms with Crippen LogP contribution in [-0.2, 0) is 16.7 Å². The fourth-order valence-electron chi connectivity index (χ4n) is 1.80. The quantitative estimate of drug-likeness (QED) is 0.613. The average molecular weight is 335 g/mol. The molecule has 0 fully saturated rings. The highest BCUT2D eigenvalue weighted by atomic mass is 79.9. The number of carbonyl (C=O) groups excluding carboxylic acids is 1. The first-order valence-corrected chi connectivity index (χ1v) is 7.30. The largest absolute Gasteiger partial charge is 0.489 e. The molecule has 0 spiro atoms. The van der Waals surface area contributed by atoms with Gasteiger partial charge in [-0.05, 0) is 23.3 Å². The summed E-state index contributed by atoms with van der Waals surface area (Å²) in [7, 11) is 1.37. The monoisotopic (exact) mass is 334 g/mol. The molecule has 0 bridgehead atoms. The highest BCUT2D eigenvalue weighted by Gasteiger charge is 2.12. The van der Waals surface area contributed by atoms with Gasteiger partial charge in [0.2, 0.25) is 0 Å².